The number of rotatable bonds is 9. The second-order valence-corrected chi connectivity index (χ2v) is 8.19. The van der Waals surface area contributed by atoms with Gasteiger partial charge >= 0.3 is 0 Å². The molecular weight excluding hydrogens is 452 g/mol. The summed E-state index contributed by atoms with van der Waals surface area (Å²) in [6.07, 6.45) is 2.18. The highest BCUT2D eigenvalue weighted by atomic mass is 35.5. The molecule has 8 heteroatoms. The average Bonchev–Trinajstić information content (AvgIpc) is 3.36. The normalized spacial score (nSPS) is 17.6. The van der Waals surface area contributed by atoms with Gasteiger partial charge in [-0.15, -0.1) is 0 Å². The molecule has 3 aromatic rings. The van der Waals surface area contributed by atoms with Crippen molar-refractivity contribution in [1.82, 2.24) is 16.3 Å². The third kappa shape index (κ3) is 6.14. The van der Waals surface area contributed by atoms with E-state index in [0.29, 0.717) is 24.7 Å². The standard InChI is InChI=1S/C26H27ClN4O3/c1-2-33-25-10-6-4-7-19(25)16-28-31-26(32)24-15-23(29-30-24)18-11-13-21(14-12-18)34-17-20-8-3-5-9-22(20)27/h3-14,16,23-24,29-30H,2,15,17H2,1H3,(H,31,32)/b28-16+. The monoisotopic (exact) mass is 478 g/mol. The second kappa shape index (κ2) is 11.7. The highest BCUT2D eigenvalue weighted by molar-refractivity contribution is 6.31. The van der Waals surface area contributed by atoms with Gasteiger partial charge in [-0.25, -0.2) is 16.3 Å². The molecule has 7 nitrogen and oxygen atoms in total. The molecule has 34 heavy (non-hydrogen) atoms. The molecule has 0 radical (unpaired) electrons. The molecule has 1 aliphatic heterocycles. The van der Waals surface area contributed by atoms with Gasteiger partial charge in [0.05, 0.1) is 12.8 Å². The van der Waals surface area contributed by atoms with Crippen LogP contribution >= 0.6 is 11.6 Å². The number of hydrazone groups is 1. The molecule has 0 spiro atoms. The van der Waals surface area contributed by atoms with Crippen molar-refractivity contribution in [3.8, 4) is 11.5 Å². The molecule has 176 valence electrons. The SMILES string of the molecule is CCOc1ccccc1/C=N/NC(=O)C1CC(c2ccc(OCc3ccccc3Cl)cc2)NN1. The summed E-state index contributed by atoms with van der Waals surface area (Å²) in [6.45, 7) is 2.89. The molecule has 1 aliphatic rings. The summed E-state index contributed by atoms with van der Waals surface area (Å²) in [5.41, 5.74) is 11.6. The van der Waals surface area contributed by atoms with E-state index in [1.165, 1.54) is 0 Å². The van der Waals surface area contributed by atoms with Crippen LogP contribution in [-0.2, 0) is 11.4 Å². The Hall–Kier alpha value is -3.39. The van der Waals surface area contributed by atoms with Crippen LogP contribution in [-0.4, -0.2) is 24.8 Å². The van der Waals surface area contributed by atoms with E-state index < -0.39 is 6.04 Å². The molecular formula is C26H27ClN4O3. The molecule has 1 amide bonds. The molecule has 2 atom stereocenters. The van der Waals surface area contributed by atoms with Gasteiger partial charge in [-0.05, 0) is 49.2 Å². The fraction of sp³-hybridized carbons (Fsp3) is 0.231. The van der Waals surface area contributed by atoms with Crippen LogP contribution in [0.5, 0.6) is 11.5 Å². The van der Waals surface area contributed by atoms with E-state index in [0.717, 1.165) is 28.2 Å². The molecule has 3 aromatic carbocycles. The third-order valence-electron chi connectivity index (χ3n) is 5.45. The molecule has 3 N–H and O–H groups in total. The highest BCUT2D eigenvalue weighted by Crippen LogP contribution is 2.25. The van der Waals surface area contributed by atoms with Gasteiger partial charge in [-0.3, -0.25) is 4.79 Å². The van der Waals surface area contributed by atoms with E-state index in [4.69, 9.17) is 21.1 Å². The van der Waals surface area contributed by atoms with Gasteiger partial charge in [0, 0.05) is 22.2 Å². The van der Waals surface area contributed by atoms with E-state index >= 15 is 0 Å². The summed E-state index contributed by atoms with van der Waals surface area (Å²) in [5, 5.41) is 4.78. The first-order chi connectivity index (χ1) is 16.6. The van der Waals surface area contributed by atoms with E-state index in [1.54, 1.807) is 6.21 Å². The summed E-state index contributed by atoms with van der Waals surface area (Å²) in [6, 6.07) is 22.6. The Balaban J connectivity index is 1.27. The number of hydrazine groups is 1. The van der Waals surface area contributed by atoms with Crippen LogP contribution in [0.15, 0.2) is 77.9 Å². The quantitative estimate of drug-likeness (QED) is 0.314. The molecule has 0 bridgehead atoms. The second-order valence-electron chi connectivity index (χ2n) is 7.78. The summed E-state index contributed by atoms with van der Waals surface area (Å²) >= 11 is 6.18. The first-order valence-electron chi connectivity index (χ1n) is 11.2. The number of amides is 1. The Labute approximate surface area is 204 Å². The lowest BCUT2D eigenvalue weighted by Gasteiger charge is -2.12. The predicted molar refractivity (Wildman–Crippen MR) is 133 cm³/mol. The lowest BCUT2D eigenvalue weighted by Crippen LogP contribution is -2.41. The van der Waals surface area contributed by atoms with Crippen LogP contribution in [0.25, 0.3) is 0 Å². The van der Waals surface area contributed by atoms with Crippen LogP contribution in [0.4, 0.5) is 0 Å². The zero-order chi connectivity index (χ0) is 23.8. The number of benzene rings is 3. The fourth-order valence-electron chi connectivity index (χ4n) is 3.64. The van der Waals surface area contributed by atoms with Gasteiger partial charge in [-0.2, -0.15) is 5.10 Å². The number of para-hydroxylation sites is 1. The van der Waals surface area contributed by atoms with E-state index in [1.807, 2.05) is 79.7 Å². The van der Waals surface area contributed by atoms with Gasteiger partial charge in [0.2, 0.25) is 0 Å². The zero-order valence-electron chi connectivity index (χ0n) is 18.8. The highest BCUT2D eigenvalue weighted by Gasteiger charge is 2.30. The number of nitrogens with one attached hydrogen (secondary N) is 3. The van der Waals surface area contributed by atoms with Crippen LogP contribution in [0, 0.1) is 0 Å². The smallest absolute Gasteiger partial charge is 0.258 e. The number of nitrogens with zero attached hydrogens (tertiary/aromatic N) is 1. The lowest BCUT2D eigenvalue weighted by atomic mass is 10.0. The minimum Gasteiger partial charge on any atom is -0.493 e. The number of ether oxygens (including phenoxy) is 2. The Morgan fingerprint density at radius 2 is 1.82 bits per heavy atom. The van der Waals surface area contributed by atoms with E-state index in [9.17, 15) is 4.79 Å². The van der Waals surface area contributed by atoms with Crippen LogP contribution in [0.3, 0.4) is 0 Å². The van der Waals surface area contributed by atoms with Crippen molar-refractivity contribution in [2.24, 2.45) is 5.10 Å². The molecule has 0 aromatic heterocycles. The van der Waals surface area contributed by atoms with Crippen molar-refractivity contribution < 1.29 is 14.3 Å². The first kappa shape index (κ1) is 23.8. The Kier molecular flexibility index (Phi) is 8.14. The van der Waals surface area contributed by atoms with Gasteiger partial charge in [-0.1, -0.05) is 54.1 Å². The number of hydrogen-bond acceptors (Lipinski definition) is 6. The van der Waals surface area contributed by atoms with Crippen LogP contribution < -0.4 is 25.8 Å². The van der Waals surface area contributed by atoms with Gasteiger partial charge < -0.3 is 9.47 Å². The summed E-state index contributed by atoms with van der Waals surface area (Å²) in [4.78, 5) is 12.5. The van der Waals surface area contributed by atoms with Crippen molar-refractivity contribution in [3.63, 3.8) is 0 Å². The minimum atomic E-state index is -0.402. The molecule has 1 fully saturated rings. The Morgan fingerprint density at radius 1 is 1.06 bits per heavy atom. The van der Waals surface area contributed by atoms with Crippen LogP contribution in [0.1, 0.15) is 36.1 Å². The zero-order valence-corrected chi connectivity index (χ0v) is 19.6. The maximum Gasteiger partial charge on any atom is 0.258 e. The molecule has 4 rings (SSSR count). The van der Waals surface area contributed by atoms with Gasteiger partial charge in [0.1, 0.15) is 24.1 Å². The molecule has 1 heterocycles. The molecule has 2 unspecified atom stereocenters. The number of hydrogen-bond donors (Lipinski definition) is 3. The van der Waals surface area contributed by atoms with E-state index in [-0.39, 0.29) is 11.9 Å². The topological polar surface area (TPSA) is 84.0 Å². The fourth-order valence-corrected chi connectivity index (χ4v) is 3.83. The number of carbonyl (C=O) groups is 1. The number of halogens is 1. The number of carbonyl (C=O) groups excluding carboxylic acids is 1. The molecule has 0 aliphatic carbocycles. The lowest BCUT2D eigenvalue weighted by molar-refractivity contribution is -0.122. The summed E-state index contributed by atoms with van der Waals surface area (Å²) in [7, 11) is 0. The van der Waals surface area contributed by atoms with Gasteiger partial charge in [0.25, 0.3) is 5.91 Å². The van der Waals surface area contributed by atoms with Crippen LogP contribution in [0.2, 0.25) is 5.02 Å². The predicted octanol–water partition coefficient (Wildman–Crippen LogP) is 4.38. The Morgan fingerprint density at radius 3 is 2.62 bits per heavy atom. The molecule has 0 saturated carbocycles. The van der Waals surface area contributed by atoms with Crippen molar-refractivity contribution in [1.29, 1.82) is 0 Å². The maximum absolute atomic E-state index is 12.5. The van der Waals surface area contributed by atoms with Crippen molar-refractivity contribution in [2.45, 2.75) is 32.0 Å². The van der Waals surface area contributed by atoms with Crippen molar-refractivity contribution in [3.05, 3.63) is 94.5 Å². The summed E-state index contributed by atoms with van der Waals surface area (Å²) in [5.74, 6) is 1.27. The van der Waals surface area contributed by atoms with Gasteiger partial charge in [0.15, 0.2) is 0 Å². The summed E-state index contributed by atoms with van der Waals surface area (Å²) < 4.78 is 11.4. The van der Waals surface area contributed by atoms with E-state index in [2.05, 4.69) is 21.4 Å². The first-order valence-corrected chi connectivity index (χ1v) is 11.5. The average molecular weight is 479 g/mol. The van der Waals surface area contributed by atoms with Crippen molar-refractivity contribution in [2.75, 3.05) is 6.61 Å². The Bertz CT molecular complexity index is 1140. The third-order valence-corrected chi connectivity index (χ3v) is 5.82. The van der Waals surface area contributed by atoms with Crippen molar-refractivity contribution >= 4 is 23.7 Å². The maximum atomic E-state index is 12.5. The minimum absolute atomic E-state index is 0.00368. The molecule has 1 saturated heterocycles. The largest absolute Gasteiger partial charge is 0.493 e.